The number of hydrogen-bond acceptors (Lipinski definition) is 4. The zero-order valence-corrected chi connectivity index (χ0v) is 11.1. The summed E-state index contributed by atoms with van der Waals surface area (Å²) in [4.78, 5) is 4.32. The lowest BCUT2D eigenvalue weighted by Gasteiger charge is -2.24. The van der Waals surface area contributed by atoms with Crippen molar-refractivity contribution in [3.8, 4) is 0 Å². The Bertz CT molecular complexity index is 300. The summed E-state index contributed by atoms with van der Waals surface area (Å²) >= 11 is 0. The van der Waals surface area contributed by atoms with Gasteiger partial charge in [-0.25, -0.2) is 0 Å². The first-order chi connectivity index (χ1) is 8.76. The third-order valence-electron chi connectivity index (χ3n) is 2.93. The third-order valence-corrected chi connectivity index (χ3v) is 2.93. The van der Waals surface area contributed by atoms with E-state index in [2.05, 4.69) is 29.0 Å². The van der Waals surface area contributed by atoms with Crippen molar-refractivity contribution in [3.63, 3.8) is 0 Å². The molecule has 1 aromatic carbocycles. The highest BCUT2D eigenvalue weighted by molar-refractivity contribution is 5.14. The molecule has 0 aromatic heterocycles. The quantitative estimate of drug-likeness (QED) is 0.668. The smallest absolute Gasteiger partial charge is 0.0558 e. The van der Waals surface area contributed by atoms with Crippen LogP contribution in [0.3, 0.4) is 0 Å². The second-order valence-electron chi connectivity index (χ2n) is 4.51. The fourth-order valence-corrected chi connectivity index (χ4v) is 1.90. The average Bonchev–Trinajstić information content (AvgIpc) is 2.38. The normalized spacial score (nSPS) is 11.4. The molecule has 4 nitrogen and oxygen atoms in total. The van der Waals surface area contributed by atoms with Crippen LogP contribution in [0.5, 0.6) is 0 Å². The average molecular weight is 252 g/mol. The van der Waals surface area contributed by atoms with Crippen LogP contribution >= 0.6 is 0 Å². The number of likely N-dealkylation sites (N-methyl/N-ethyl adjacent to an activating group) is 1. The second-order valence-corrected chi connectivity index (χ2v) is 4.51. The van der Waals surface area contributed by atoms with Crippen molar-refractivity contribution in [2.75, 3.05) is 46.4 Å². The molecule has 0 aliphatic rings. The maximum absolute atomic E-state index is 8.93. The SMILES string of the molecule is CN(CCN(CCO)CCO)Cc1ccccc1. The Kier molecular flexibility index (Phi) is 7.60. The van der Waals surface area contributed by atoms with Crippen molar-refractivity contribution in [2.24, 2.45) is 0 Å². The van der Waals surface area contributed by atoms with Gasteiger partial charge in [0.15, 0.2) is 0 Å². The van der Waals surface area contributed by atoms with Gasteiger partial charge in [-0.2, -0.15) is 0 Å². The Balaban J connectivity index is 2.28. The monoisotopic (exact) mass is 252 g/mol. The topological polar surface area (TPSA) is 46.9 Å². The zero-order chi connectivity index (χ0) is 13.2. The molecule has 0 bridgehead atoms. The number of aliphatic hydroxyl groups excluding tert-OH is 2. The lowest BCUT2D eigenvalue weighted by molar-refractivity contribution is 0.147. The first-order valence-corrected chi connectivity index (χ1v) is 6.43. The van der Waals surface area contributed by atoms with Gasteiger partial charge in [0.05, 0.1) is 13.2 Å². The summed E-state index contributed by atoms with van der Waals surface area (Å²) in [6.07, 6.45) is 0. The van der Waals surface area contributed by atoms with Crippen LogP contribution in [0, 0.1) is 0 Å². The number of benzene rings is 1. The Labute approximate surface area is 109 Å². The summed E-state index contributed by atoms with van der Waals surface area (Å²) in [7, 11) is 2.09. The largest absolute Gasteiger partial charge is 0.395 e. The minimum absolute atomic E-state index is 0.141. The van der Waals surface area contributed by atoms with Crippen LogP contribution in [0.1, 0.15) is 5.56 Å². The van der Waals surface area contributed by atoms with Crippen molar-refractivity contribution in [1.29, 1.82) is 0 Å². The van der Waals surface area contributed by atoms with E-state index in [9.17, 15) is 0 Å². The molecule has 0 aliphatic carbocycles. The van der Waals surface area contributed by atoms with Crippen LogP contribution in [0.15, 0.2) is 30.3 Å². The van der Waals surface area contributed by atoms with E-state index in [-0.39, 0.29) is 13.2 Å². The predicted octanol–water partition coefficient (Wildman–Crippen LogP) is 0.405. The molecule has 2 N–H and O–H groups in total. The fourth-order valence-electron chi connectivity index (χ4n) is 1.90. The number of hydrogen-bond donors (Lipinski definition) is 2. The summed E-state index contributed by atoms with van der Waals surface area (Å²) in [5.74, 6) is 0. The molecule has 0 spiro atoms. The van der Waals surface area contributed by atoms with Gasteiger partial charge in [-0.1, -0.05) is 30.3 Å². The van der Waals surface area contributed by atoms with E-state index in [1.807, 2.05) is 18.2 Å². The van der Waals surface area contributed by atoms with Crippen molar-refractivity contribution in [1.82, 2.24) is 9.80 Å². The van der Waals surface area contributed by atoms with Gasteiger partial charge in [0.2, 0.25) is 0 Å². The van der Waals surface area contributed by atoms with Gasteiger partial charge >= 0.3 is 0 Å². The summed E-state index contributed by atoms with van der Waals surface area (Å²) in [5.41, 5.74) is 1.30. The molecule has 1 aromatic rings. The van der Waals surface area contributed by atoms with Crippen molar-refractivity contribution < 1.29 is 10.2 Å². The molecule has 0 saturated carbocycles. The molecule has 102 valence electrons. The van der Waals surface area contributed by atoms with Crippen molar-refractivity contribution in [3.05, 3.63) is 35.9 Å². The molecule has 0 radical (unpaired) electrons. The molecule has 0 fully saturated rings. The molecule has 4 heteroatoms. The van der Waals surface area contributed by atoms with Crippen molar-refractivity contribution in [2.45, 2.75) is 6.54 Å². The maximum atomic E-state index is 8.93. The van der Waals surface area contributed by atoms with Gasteiger partial charge in [0, 0.05) is 32.7 Å². The molecule has 0 atom stereocenters. The van der Waals surface area contributed by atoms with E-state index < -0.39 is 0 Å². The van der Waals surface area contributed by atoms with Crippen LogP contribution < -0.4 is 0 Å². The summed E-state index contributed by atoms with van der Waals surface area (Å²) in [5, 5.41) is 17.9. The van der Waals surface area contributed by atoms with Crippen LogP contribution in [-0.2, 0) is 6.54 Å². The highest BCUT2D eigenvalue weighted by atomic mass is 16.3. The Hall–Kier alpha value is -0.940. The summed E-state index contributed by atoms with van der Waals surface area (Å²) in [6.45, 7) is 4.25. The lowest BCUT2D eigenvalue weighted by atomic mass is 10.2. The molecular formula is C14H24N2O2. The minimum Gasteiger partial charge on any atom is -0.395 e. The Morgan fingerprint density at radius 2 is 1.50 bits per heavy atom. The summed E-state index contributed by atoms with van der Waals surface area (Å²) < 4.78 is 0. The lowest BCUT2D eigenvalue weighted by Crippen LogP contribution is -2.36. The van der Waals surface area contributed by atoms with Gasteiger partial charge in [-0.3, -0.25) is 4.90 Å². The molecule has 18 heavy (non-hydrogen) atoms. The van der Waals surface area contributed by atoms with Crippen LogP contribution in [0.4, 0.5) is 0 Å². The number of nitrogens with zero attached hydrogens (tertiary/aromatic N) is 2. The Morgan fingerprint density at radius 1 is 0.889 bits per heavy atom. The van der Waals surface area contributed by atoms with Gasteiger partial charge in [-0.15, -0.1) is 0 Å². The van der Waals surface area contributed by atoms with E-state index in [1.165, 1.54) is 5.56 Å². The molecule has 0 aliphatic heterocycles. The maximum Gasteiger partial charge on any atom is 0.0558 e. The number of aliphatic hydroxyl groups is 2. The van der Waals surface area contributed by atoms with E-state index in [0.29, 0.717) is 13.1 Å². The van der Waals surface area contributed by atoms with Crippen molar-refractivity contribution >= 4 is 0 Å². The van der Waals surface area contributed by atoms with Crippen LogP contribution in [-0.4, -0.2) is 66.5 Å². The molecule has 0 saturated heterocycles. The molecule has 1 rings (SSSR count). The first kappa shape index (κ1) is 15.1. The standard InChI is InChI=1S/C14H24N2O2/c1-15(13-14-5-3-2-4-6-14)7-8-16(9-11-17)10-12-18/h2-6,17-18H,7-13H2,1H3. The Morgan fingerprint density at radius 3 is 2.06 bits per heavy atom. The highest BCUT2D eigenvalue weighted by Crippen LogP contribution is 2.02. The van der Waals surface area contributed by atoms with Gasteiger partial charge < -0.3 is 15.1 Å². The second kappa shape index (κ2) is 9.05. The van der Waals surface area contributed by atoms with E-state index in [4.69, 9.17) is 10.2 Å². The van der Waals surface area contributed by atoms with Gasteiger partial charge in [0.1, 0.15) is 0 Å². The van der Waals surface area contributed by atoms with Gasteiger partial charge in [-0.05, 0) is 12.6 Å². The number of rotatable bonds is 9. The minimum atomic E-state index is 0.141. The molecular weight excluding hydrogens is 228 g/mol. The van der Waals surface area contributed by atoms with Crippen LogP contribution in [0.2, 0.25) is 0 Å². The van der Waals surface area contributed by atoms with Gasteiger partial charge in [0.25, 0.3) is 0 Å². The summed E-state index contributed by atoms with van der Waals surface area (Å²) in [6, 6.07) is 10.4. The van der Waals surface area contributed by atoms with E-state index in [1.54, 1.807) is 0 Å². The highest BCUT2D eigenvalue weighted by Gasteiger charge is 2.05. The predicted molar refractivity (Wildman–Crippen MR) is 73.4 cm³/mol. The first-order valence-electron chi connectivity index (χ1n) is 6.43. The fraction of sp³-hybridized carbons (Fsp3) is 0.571. The van der Waals surface area contributed by atoms with Crippen LogP contribution in [0.25, 0.3) is 0 Å². The molecule has 0 heterocycles. The van der Waals surface area contributed by atoms with E-state index in [0.717, 1.165) is 19.6 Å². The molecule has 0 amide bonds. The van der Waals surface area contributed by atoms with E-state index >= 15 is 0 Å². The molecule has 0 unspecified atom stereocenters. The zero-order valence-electron chi connectivity index (χ0n) is 11.1. The third kappa shape index (κ3) is 6.12.